The van der Waals surface area contributed by atoms with Crippen LogP contribution in [0.3, 0.4) is 0 Å². The molecular formula is C16H18N3NaO5S. The third kappa shape index (κ3) is 3.46. The minimum absolute atomic E-state index is 0. The maximum Gasteiger partial charge on any atom is 1.00 e. The first-order valence-corrected chi connectivity index (χ1v) is 8.57. The Hall–Kier alpha value is -1.26. The summed E-state index contributed by atoms with van der Waals surface area (Å²) < 4.78 is -0.711. The van der Waals surface area contributed by atoms with Gasteiger partial charge >= 0.3 is 29.6 Å². The fraction of sp³-hybridized carbons (Fsp3) is 0.438. The number of phenolic OH excluding ortho intramolecular Hbond substituents is 1. The van der Waals surface area contributed by atoms with E-state index in [2.05, 4.69) is 5.32 Å². The number of amides is 2. The summed E-state index contributed by atoms with van der Waals surface area (Å²) in [6.45, 7) is 3.45. The largest absolute Gasteiger partial charge is 1.00 e. The number of carbonyl (C=O) groups excluding carboxylic acids is 3. The van der Waals surface area contributed by atoms with Crippen LogP contribution in [0.4, 0.5) is 0 Å². The van der Waals surface area contributed by atoms with Gasteiger partial charge in [0.05, 0.1) is 12.0 Å². The van der Waals surface area contributed by atoms with Gasteiger partial charge in [0, 0.05) is 4.75 Å². The van der Waals surface area contributed by atoms with Crippen LogP contribution in [0.25, 0.3) is 0 Å². The normalized spacial score (nSPS) is 27.0. The topological polar surface area (TPSA) is 136 Å². The number of carboxylic acid groups (broad SMARTS) is 1. The molecule has 4 N–H and O–H groups in total. The van der Waals surface area contributed by atoms with Crippen LogP contribution in [0.15, 0.2) is 24.3 Å². The molecule has 0 aromatic heterocycles. The molecule has 0 bridgehead atoms. The third-order valence-corrected chi connectivity index (χ3v) is 6.07. The number of β-lactam (4-membered cyclic amide) rings is 1. The molecule has 0 radical (unpaired) electrons. The summed E-state index contributed by atoms with van der Waals surface area (Å²) in [5.74, 6) is -2.25. The van der Waals surface area contributed by atoms with Crippen molar-refractivity contribution < 1.29 is 54.2 Å². The van der Waals surface area contributed by atoms with Crippen molar-refractivity contribution in [1.29, 1.82) is 0 Å². The molecule has 10 heteroatoms. The summed E-state index contributed by atoms with van der Waals surface area (Å²) in [5.41, 5.74) is 6.39. The molecule has 134 valence electrons. The zero-order valence-electron chi connectivity index (χ0n) is 14.6. The van der Waals surface area contributed by atoms with Gasteiger partial charge in [0.15, 0.2) is 0 Å². The molecule has 0 spiro atoms. The second-order valence-electron chi connectivity index (χ2n) is 6.63. The quantitative estimate of drug-likeness (QED) is 0.351. The first-order valence-electron chi connectivity index (χ1n) is 7.69. The Morgan fingerprint density at radius 1 is 1.35 bits per heavy atom. The van der Waals surface area contributed by atoms with Gasteiger partial charge in [0.25, 0.3) is 0 Å². The predicted octanol–water partition coefficient (Wildman–Crippen LogP) is -4.31. The van der Waals surface area contributed by atoms with E-state index in [1.54, 1.807) is 13.8 Å². The van der Waals surface area contributed by atoms with Crippen molar-refractivity contribution in [2.75, 3.05) is 0 Å². The standard InChI is InChI=1S/C16H19N3O5S.Na/c1-16(2)11(15(23)24)19-13(22)10(14(19)25-16)18-12(21)9(17)7-3-5-8(20)6-4-7;/h3-6,9-11,14,20H,17H2,1-2H3,(H,18,21)(H,23,24);/q;+1/p-1/t9?,10-,11-,14+;/m0./s1. The van der Waals surface area contributed by atoms with Crippen LogP contribution >= 0.6 is 11.8 Å². The number of nitrogens with zero attached hydrogens (tertiary/aromatic N) is 1. The summed E-state index contributed by atoms with van der Waals surface area (Å²) in [6, 6.07) is 3.02. The first kappa shape index (κ1) is 21.0. The summed E-state index contributed by atoms with van der Waals surface area (Å²) in [6.07, 6.45) is 0. The minimum Gasteiger partial charge on any atom is -0.548 e. The fourth-order valence-electron chi connectivity index (χ4n) is 3.20. The Morgan fingerprint density at radius 3 is 2.46 bits per heavy atom. The van der Waals surface area contributed by atoms with Crippen molar-refractivity contribution in [3.63, 3.8) is 0 Å². The van der Waals surface area contributed by atoms with Crippen LogP contribution in [-0.4, -0.2) is 50.0 Å². The number of carboxylic acids is 1. The van der Waals surface area contributed by atoms with E-state index in [-0.39, 0.29) is 35.3 Å². The summed E-state index contributed by atoms with van der Waals surface area (Å²) >= 11 is 1.31. The van der Waals surface area contributed by atoms with E-state index in [9.17, 15) is 24.6 Å². The Labute approximate surface area is 176 Å². The van der Waals surface area contributed by atoms with E-state index in [0.717, 1.165) is 0 Å². The van der Waals surface area contributed by atoms with Gasteiger partial charge in [-0.15, -0.1) is 11.8 Å². The molecule has 1 aromatic rings. The molecule has 1 unspecified atom stereocenters. The molecule has 1 aromatic carbocycles. The summed E-state index contributed by atoms with van der Waals surface area (Å²) in [7, 11) is 0. The molecule has 4 atom stereocenters. The third-order valence-electron chi connectivity index (χ3n) is 4.50. The van der Waals surface area contributed by atoms with Gasteiger partial charge in [0.1, 0.15) is 23.2 Å². The number of hydrogen-bond donors (Lipinski definition) is 3. The number of benzene rings is 1. The van der Waals surface area contributed by atoms with Crippen molar-refractivity contribution in [2.45, 2.75) is 42.1 Å². The number of aromatic hydroxyl groups is 1. The van der Waals surface area contributed by atoms with Gasteiger partial charge in [-0.05, 0) is 31.5 Å². The smallest absolute Gasteiger partial charge is 0.548 e. The predicted molar refractivity (Wildman–Crippen MR) is 88.1 cm³/mol. The van der Waals surface area contributed by atoms with Crippen LogP contribution in [0.2, 0.25) is 0 Å². The van der Waals surface area contributed by atoms with Crippen molar-refractivity contribution in [2.24, 2.45) is 5.73 Å². The van der Waals surface area contributed by atoms with Crippen molar-refractivity contribution in [1.82, 2.24) is 10.2 Å². The van der Waals surface area contributed by atoms with Crippen molar-refractivity contribution >= 4 is 29.5 Å². The van der Waals surface area contributed by atoms with E-state index in [1.165, 1.54) is 40.9 Å². The SMILES string of the molecule is CC1(C)S[C@@H]2[C@@H](NC(=O)C(N)c3ccc(O)cc3)C(=O)N2[C@H]1C(=O)[O-].[Na+]. The maximum atomic E-state index is 12.3. The summed E-state index contributed by atoms with van der Waals surface area (Å²) in [5, 5.41) is 22.8. The average molecular weight is 387 g/mol. The number of aliphatic carboxylic acids is 1. The number of nitrogens with one attached hydrogen (secondary N) is 1. The van der Waals surface area contributed by atoms with Crippen LogP contribution in [0.1, 0.15) is 25.5 Å². The van der Waals surface area contributed by atoms with E-state index in [0.29, 0.717) is 5.56 Å². The zero-order chi connectivity index (χ0) is 18.5. The molecule has 2 aliphatic rings. The molecule has 0 aliphatic carbocycles. The zero-order valence-corrected chi connectivity index (χ0v) is 17.4. The van der Waals surface area contributed by atoms with E-state index in [1.807, 2.05) is 0 Å². The monoisotopic (exact) mass is 387 g/mol. The Morgan fingerprint density at radius 2 is 1.92 bits per heavy atom. The minimum atomic E-state index is -1.31. The molecule has 2 saturated heterocycles. The first-order chi connectivity index (χ1) is 11.6. The van der Waals surface area contributed by atoms with Crippen LogP contribution < -0.4 is 45.7 Å². The Kier molecular flexibility index (Phi) is 5.99. The van der Waals surface area contributed by atoms with Gasteiger partial charge in [-0.1, -0.05) is 12.1 Å². The maximum absolute atomic E-state index is 12.3. The molecule has 2 fully saturated rings. The van der Waals surface area contributed by atoms with E-state index in [4.69, 9.17) is 5.73 Å². The Bertz CT molecular complexity index is 742. The number of rotatable bonds is 4. The summed E-state index contributed by atoms with van der Waals surface area (Å²) in [4.78, 5) is 37.3. The number of nitrogens with two attached hydrogens (primary N) is 1. The van der Waals surface area contributed by atoms with E-state index >= 15 is 0 Å². The molecule has 2 aliphatic heterocycles. The average Bonchev–Trinajstić information content (AvgIpc) is 2.80. The van der Waals surface area contributed by atoms with Gasteiger partial charge < -0.3 is 31.0 Å². The van der Waals surface area contributed by atoms with Crippen LogP contribution in [0.5, 0.6) is 5.75 Å². The molecule has 2 heterocycles. The van der Waals surface area contributed by atoms with Crippen LogP contribution in [0, 0.1) is 0 Å². The van der Waals surface area contributed by atoms with Gasteiger partial charge in [0.2, 0.25) is 11.8 Å². The molecule has 3 rings (SSSR count). The van der Waals surface area contributed by atoms with Gasteiger partial charge in [-0.2, -0.15) is 0 Å². The molecule has 0 saturated carbocycles. The van der Waals surface area contributed by atoms with Crippen LogP contribution in [-0.2, 0) is 14.4 Å². The second-order valence-corrected chi connectivity index (χ2v) is 8.41. The number of hydrogen-bond acceptors (Lipinski definition) is 7. The van der Waals surface area contributed by atoms with Crippen molar-refractivity contribution in [3.8, 4) is 5.75 Å². The molecule has 8 nitrogen and oxygen atoms in total. The molecule has 26 heavy (non-hydrogen) atoms. The number of phenols is 1. The molecular weight excluding hydrogens is 369 g/mol. The number of carbonyl (C=O) groups is 3. The van der Waals surface area contributed by atoms with E-state index < -0.39 is 46.0 Å². The number of thioether (sulfide) groups is 1. The van der Waals surface area contributed by atoms with Gasteiger partial charge in [-0.25, -0.2) is 0 Å². The second kappa shape index (κ2) is 7.40. The molecule has 2 amide bonds. The fourth-order valence-corrected chi connectivity index (χ4v) is 4.82. The number of fused-ring (bicyclic) bond motifs is 1. The van der Waals surface area contributed by atoms with Gasteiger partial charge in [-0.3, -0.25) is 9.59 Å². The van der Waals surface area contributed by atoms with Crippen molar-refractivity contribution in [3.05, 3.63) is 29.8 Å². The Balaban J connectivity index is 0.00000243.